The first-order valence-electron chi connectivity index (χ1n) is 7.61. The zero-order chi connectivity index (χ0) is 17.2. The normalized spacial score (nSPS) is 15.0. The van der Waals surface area contributed by atoms with Gasteiger partial charge in [0.25, 0.3) is 0 Å². The van der Waals surface area contributed by atoms with E-state index in [1.54, 1.807) is 12.3 Å². The van der Waals surface area contributed by atoms with Crippen molar-refractivity contribution in [2.45, 2.75) is 24.3 Å². The summed E-state index contributed by atoms with van der Waals surface area (Å²) < 4.78 is 53.6. The molecule has 1 fully saturated rings. The van der Waals surface area contributed by atoms with Crippen molar-refractivity contribution in [3.8, 4) is 0 Å². The van der Waals surface area contributed by atoms with Crippen LogP contribution < -0.4 is 9.62 Å². The quantitative estimate of drug-likeness (QED) is 0.897. The number of benzene rings is 1. The van der Waals surface area contributed by atoms with Crippen molar-refractivity contribution in [3.63, 3.8) is 0 Å². The number of pyridine rings is 1. The third kappa shape index (κ3) is 3.54. The van der Waals surface area contributed by atoms with E-state index in [9.17, 15) is 17.2 Å². The summed E-state index contributed by atoms with van der Waals surface area (Å²) in [5.74, 6) is -1.39. The zero-order valence-electron chi connectivity index (χ0n) is 12.9. The molecule has 128 valence electrons. The molecule has 1 aromatic heterocycles. The van der Waals surface area contributed by atoms with Gasteiger partial charge in [-0.25, -0.2) is 26.9 Å². The van der Waals surface area contributed by atoms with Crippen molar-refractivity contribution >= 4 is 15.8 Å². The van der Waals surface area contributed by atoms with Crippen LogP contribution in [0.1, 0.15) is 18.4 Å². The van der Waals surface area contributed by atoms with Gasteiger partial charge in [0.15, 0.2) is 4.90 Å². The Morgan fingerprint density at radius 2 is 1.75 bits per heavy atom. The van der Waals surface area contributed by atoms with Gasteiger partial charge in [0.05, 0.1) is 0 Å². The van der Waals surface area contributed by atoms with Crippen molar-refractivity contribution in [2.75, 3.05) is 18.0 Å². The fourth-order valence-electron chi connectivity index (χ4n) is 2.64. The Morgan fingerprint density at radius 3 is 2.33 bits per heavy atom. The maximum atomic E-state index is 13.6. The summed E-state index contributed by atoms with van der Waals surface area (Å²) in [4.78, 5) is 5.50. The van der Waals surface area contributed by atoms with E-state index in [0.717, 1.165) is 49.9 Å². The molecule has 1 N–H and O–H groups in total. The van der Waals surface area contributed by atoms with Crippen LogP contribution in [0, 0.1) is 11.6 Å². The maximum Gasteiger partial charge on any atom is 0.246 e. The van der Waals surface area contributed by atoms with E-state index >= 15 is 0 Å². The molecule has 3 rings (SSSR count). The molecular weight excluding hydrogens is 336 g/mol. The molecule has 2 heterocycles. The maximum absolute atomic E-state index is 13.6. The van der Waals surface area contributed by atoms with Crippen molar-refractivity contribution in [1.29, 1.82) is 0 Å². The van der Waals surface area contributed by atoms with Crippen LogP contribution in [-0.4, -0.2) is 26.5 Å². The van der Waals surface area contributed by atoms with Crippen molar-refractivity contribution in [3.05, 3.63) is 53.7 Å². The Hall–Kier alpha value is -2.06. The molecule has 1 aliphatic rings. The summed E-state index contributed by atoms with van der Waals surface area (Å²) in [7, 11) is -4.28. The number of halogens is 2. The second-order valence-corrected chi connectivity index (χ2v) is 7.30. The predicted octanol–water partition coefficient (Wildman–Crippen LogP) is 2.44. The molecule has 0 aliphatic carbocycles. The van der Waals surface area contributed by atoms with Gasteiger partial charge in [0.2, 0.25) is 10.0 Å². The number of anilines is 1. The van der Waals surface area contributed by atoms with Gasteiger partial charge in [-0.1, -0.05) is 12.1 Å². The van der Waals surface area contributed by atoms with Crippen molar-refractivity contribution in [1.82, 2.24) is 9.71 Å². The Labute approximate surface area is 139 Å². The molecule has 0 atom stereocenters. The molecule has 0 bridgehead atoms. The summed E-state index contributed by atoms with van der Waals surface area (Å²) in [5.41, 5.74) is 0.610. The molecule has 1 aliphatic heterocycles. The summed E-state index contributed by atoms with van der Waals surface area (Å²) >= 11 is 0. The molecule has 1 aromatic carbocycles. The lowest BCUT2D eigenvalue weighted by molar-refractivity contribution is 0.514. The average molecular weight is 353 g/mol. The highest BCUT2D eigenvalue weighted by atomic mass is 32.2. The van der Waals surface area contributed by atoms with E-state index in [-0.39, 0.29) is 6.54 Å². The fourth-order valence-corrected chi connectivity index (χ4v) is 3.79. The van der Waals surface area contributed by atoms with E-state index in [2.05, 4.69) is 14.6 Å². The Kier molecular flexibility index (Phi) is 4.77. The third-order valence-electron chi connectivity index (χ3n) is 3.89. The van der Waals surface area contributed by atoms with Gasteiger partial charge >= 0.3 is 0 Å². The van der Waals surface area contributed by atoms with E-state index in [0.29, 0.717) is 5.56 Å². The summed E-state index contributed by atoms with van der Waals surface area (Å²) in [6, 6.07) is 6.50. The van der Waals surface area contributed by atoms with Gasteiger partial charge in [-0.3, -0.25) is 0 Å². The lowest BCUT2D eigenvalue weighted by Gasteiger charge is -2.16. The van der Waals surface area contributed by atoms with Crippen molar-refractivity contribution < 1.29 is 17.2 Å². The molecule has 24 heavy (non-hydrogen) atoms. The van der Waals surface area contributed by atoms with Gasteiger partial charge in [0.1, 0.15) is 17.5 Å². The lowest BCUT2D eigenvalue weighted by Crippen LogP contribution is -2.25. The number of hydrogen-bond acceptors (Lipinski definition) is 4. The SMILES string of the molecule is O=S(=O)(NCc1ccc(N2CCCC2)nc1)c1c(F)cccc1F. The minimum Gasteiger partial charge on any atom is -0.357 e. The predicted molar refractivity (Wildman–Crippen MR) is 86.1 cm³/mol. The van der Waals surface area contributed by atoms with E-state index in [1.807, 2.05) is 6.07 Å². The molecule has 0 saturated carbocycles. The third-order valence-corrected chi connectivity index (χ3v) is 5.35. The zero-order valence-corrected chi connectivity index (χ0v) is 13.7. The molecule has 0 radical (unpaired) electrons. The standard InChI is InChI=1S/C16H17F2N3O2S/c17-13-4-3-5-14(18)16(13)24(22,23)20-11-12-6-7-15(19-10-12)21-8-1-2-9-21/h3-7,10,20H,1-2,8-9,11H2. The van der Waals surface area contributed by atoms with Crippen LogP contribution in [0.25, 0.3) is 0 Å². The monoisotopic (exact) mass is 353 g/mol. The van der Waals surface area contributed by atoms with Crippen LogP contribution >= 0.6 is 0 Å². The first kappa shape index (κ1) is 16.8. The molecule has 2 aromatic rings. The largest absolute Gasteiger partial charge is 0.357 e. The Morgan fingerprint density at radius 1 is 1.08 bits per heavy atom. The molecular formula is C16H17F2N3O2S. The first-order chi connectivity index (χ1) is 11.5. The van der Waals surface area contributed by atoms with E-state index in [1.165, 1.54) is 0 Å². The smallest absolute Gasteiger partial charge is 0.246 e. The van der Waals surface area contributed by atoms with Gasteiger partial charge in [-0.2, -0.15) is 0 Å². The summed E-state index contributed by atoms with van der Waals surface area (Å²) in [5, 5.41) is 0. The van der Waals surface area contributed by atoms with Crippen LogP contribution in [-0.2, 0) is 16.6 Å². The second-order valence-electron chi connectivity index (χ2n) is 5.59. The minimum absolute atomic E-state index is 0.0939. The minimum atomic E-state index is -4.28. The van der Waals surface area contributed by atoms with Gasteiger partial charge in [-0.15, -0.1) is 0 Å². The first-order valence-corrected chi connectivity index (χ1v) is 9.09. The summed E-state index contributed by atoms with van der Waals surface area (Å²) in [6.45, 7) is 1.83. The average Bonchev–Trinajstić information content (AvgIpc) is 3.07. The highest BCUT2D eigenvalue weighted by Gasteiger charge is 2.23. The highest BCUT2D eigenvalue weighted by Crippen LogP contribution is 2.20. The fraction of sp³-hybridized carbons (Fsp3) is 0.312. The van der Waals surface area contributed by atoms with Crippen LogP contribution in [0.3, 0.4) is 0 Å². The number of rotatable bonds is 5. The molecule has 0 amide bonds. The van der Waals surface area contributed by atoms with Crippen molar-refractivity contribution in [2.24, 2.45) is 0 Å². The van der Waals surface area contributed by atoms with E-state index in [4.69, 9.17) is 0 Å². The molecule has 1 saturated heterocycles. The number of sulfonamides is 1. The topological polar surface area (TPSA) is 62.3 Å². The lowest BCUT2D eigenvalue weighted by atomic mass is 10.3. The van der Waals surface area contributed by atoms with Crippen LogP contribution in [0.2, 0.25) is 0 Å². The van der Waals surface area contributed by atoms with Gasteiger partial charge in [-0.05, 0) is 36.6 Å². The number of nitrogens with zero attached hydrogens (tertiary/aromatic N) is 2. The summed E-state index contributed by atoms with van der Waals surface area (Å²) in [6.07, 6.45) is 3.84. The molecule has 8 heteroatoms. The van der Waals surface area contributed by atoms with Crippen LogP contribution in [0.4, 0.5) is 14.6 Å². The van der Waals surface area contributed by atoms with Crippen LogP contribution in [0.15, 0.2) is 41.4 Å². The van der Waals surface area contributed by atoms with Gasteiger partial charge in [0, 0.05) is 25.8 Å². The number of nitrogens with one attached hydrogen (secondary N) is 1. The number of hydrogen-bond donors (Lipinski definition) is 1. The number of aromatic nitrogens is 1. The molecule has 0 unspecified atom stereocenters. The second kappa shape index (κ2) is 6.82. The Bertz CT molecular complexity index is 799. The van der Waals surface area contributed by atoms with Crippen LogP contribution in [0.5, 0.6) is 0 Å². The molecule has 5 nitrogen and oxygen atoms in total. The highest BCUT2D eigenvalue weighted by molar-refractivity contribution is 7.89. The molecule has 0 spiro atoms. The Balaban J connectivity index is 1.70. The van der Waals surface area contributed by atoms with Gasteiger partial charge < -0.3 is 4.90 Å². The van der Waals surface area contributed by atoms with E-state index < -0.39 is 26.6 Å².